The number of hydrogen-bond donors (Lipinski definition) is 0. The molecule has 150 valence electrons. The Morgan fingerprint density at radius 2 is 1.82 bits per heavy atom. The van der Waals surface area contributed by atoms with E-state index in [1.54, 1.807) is 24.3 Å². The van der Waals surface area contributed by atoms with Crippen molar-refractivity contribution >= 4 is 11.8 Å². The molecule has 0 unspecified atom stereocenters. The molecular formula is C19H21F3N4O2. The third-order valence-electron chi connectivity index (χ3n) is 5.14. The summed E-state index contributed by atoms with van der Waals surface area (Å²) in [7, 11) is 0. The van der Waals surface area contributed by atoms with Crippen molar-refractivity contribution in [1.82, 2.24) is 9.55 Å². The third kappa shape index (κ3) is 3.71. The van der Waals surface area contributed by atoms with Crippen LogP contribution in [0.25, 0.3) is 0 Å². The quantitative estimate of drug-likeness (QED) is 0.800. The number of aromatic nitrogens is 2. The Hall–Kier alpha value is -2.55. The zero-order valence-corrected chi connectivity index (χ0v) is 15.2. The highest BCUT2D eigenvalue weighted by atomic mass is 19.4. The van der Waals surface area contributed by atoms with Crippen molar-refractivity contribution in [2.75, 3.05) is 36.1 Å². The molecule has 0 spiro atoms. The molecule has 0 bridgehead atoms. The van der Waals surface area contributed by atoms with Crippen molar-refractivity contribution in [3.8, 4) is 0 Å². The highest BCUT2D eigenvalue weighted by Gasteiger charge is 2.46. The van der Waals surface area contributed by atoms with Gasteiger partial charge in [-0.1, -0.05) is 30.3 Å². The van der Waals surface area contributed by atoms with Crippen LogP contribution in [0.4, 0.5) is 24.9 Å². The lowest BCUT2D eigenvalue weighted by Gasteiger charge is -2.39. The van der Waals surface area contributed by atoms with Gasteiger partial charge in [0.2, 0.25) is 5.95 Å². The summed E-state index contributed by atoms with van der Waals surface area (Å²) in [6, 6.07) is 8.66. The Morgan fingerprint density at radius 3 is 2.50 bits per heavy atom. The standard InChI is InChI=1S/C19H21F3N4O2/c20-19(21,22)15-6-7-25-17(27)12-16(24-8-10-28-11-9-24)23-18(25)26(15)13-14-4-2-1-3-5-14/h1-5,12,15H,6-11,13H2/t15-/m0/s1. The fourth-order valence-electron chi connectivity index (χ4n) is 3.71. The van der Waals surface area contributed by atoms with Crippen molar-refractivity contribution in [3.63, 3.8) is 0 Å². The van der Waals surface area contributed by atoms with E-state index in [0.717, 1.165) is 5.56 Å². The van der Waals surface area contributed by atoms with Gasteiger partial charge in [0.25, 0.3) is 5.56 Å². The van der Waals surface area contributed by atoms with E-state index in [9.17, 15) is 18.0 Å². The summed E-state index contributed by atoms with van der Waals surface area (Å²) in [5, 5.41) is 0. The molecule has 9 heteroatoms. The normalized spacial score (nSPS) is 20.2. The molecule has 0 saturated carbocycles. The smallest absolute Gasteiger partial charge is 0.378 e. The van der Waals surface area contributed by atoms with Gasteiger partial charge in [0.1, 0.15) is 11.9 Å². The number of fused-ring (bicyclic) bond motifs is 1. The van der Waals surface area contributed by atoms with Gasteiger partial charge in [-0.2, -0.15) is 18.2 Å². The Bertz CT molecular complexity index is 879. The first-order valence-corrected chi connectivity index (χ1v) is 9.25. The number of ether oxygens (including phenoxy) is 1. The van der Waals surface area contributed by atoms with Crippen LogP contribution in [-0.4, -0.2) is 48.1 Å². The number of nitrogens with zero attached hydrogens (tertiary/aromatic N) is 4. The van der Waals surface area contributed by atoms with Gasteiger partial charge in [-0.3, -0.25) is 9.36 Å². The lowest BCUT2D eigenvalue weighted by Crippen LogP contribution is -2.52. The second-order valence-electron chi connectivity index (χ2n) is 6.96. The fraction of sp³-hybridized carbons (Fsp3) is 0.474. The van der Waals surface area contributed by atoms with Crippen LogP contribution >= 0.6 is 0 Å². The predicted molar refractivity (Wildman–Crippen MR) is 98.6 cm³/mol. The second-order valence-corrected chi connectivity index (χ2v) is 6.96. The number of alkyl halides is 3. The minimum atomic E-state index is -4.41. The van der Waals surface area contributed by atoms with Gasteiger partial charge in [0, 0.05) is 32.2 Å². The molecule has 3 heterocycles. The molecule has 4 rings (SSSR count). The molecule has 1 aromatic heterocycles. The zero-order valence-electron chi connectivity index (χ0n) is 15.2. The van der Waals surface area contributed by atoms with Gasteiger partial charge in [-0.25, -0.2) is 0 Å². The molecule has 0 aliphatic carbocycles. The van der Waals surface area contributed by atoms with E-state index in [1.165, 1.54) is 15.5 Å². The number of morpholine rings is 1. The zero-order chi connectivity index (χ0) is 19.7. The van der Waals surface area contributed by atoms with Crippen LogP contribution in [0.1, 0.15) is 12.0 Å². The number of anilines is 2. The van der Waals surface area contributed by atoms with Crippen molar-refractivity contribution in [1.29, 1.82) is 0 Å². The van der Waals surface area contributed by atoms with E-state index in [2.05, 4.69) is 4.98 Å². The summed E-state index contributed by atoms with van der Waals surface area (Å²) < 4.78 is 47.9. The second kappa shape index (κ2) is 7.46. The molecule has 1 aromatic carbocycles. The molecule has 28 heavy (non-hydrogen) atoms. The number of benzene rings is 1. The van der Waals surface area contributed by atoms with Crippen molar-refractivity contribution < 1.29 is 17.9 Å². The average molecular weight is 394 g/mol. The molecule has 0 N–H and O–H groups in total. The molecule has 1 atom stereocenters. The van der Waals surface area contributed by atoms with Crippen molar-refractivity contribution in [2.24, 2.45) is 0 Å². The topological polar surface area (TPSA) is 50.6 Å². The highest BCUT2D eigenvalue weighted by Crippen LogP contribution is 2.35. The summed E-state index contributed by atoms with van der Waals surface area (Å²) in [6.45, 7) is 2.14. The van der Waals surface area contributed by atoms with Gasteiger partial charge in [0.15, 0.2) is 0 Å². The maximum Gasteiger partial charge on any atom is 0.408 e. The Balaban J connectivity index is 1.77. The van der Waals surface area contributed by atoms with E-state index in [0.29, 0.717) is 32.1 Å². The lowest BCUT2D eigenvalue weighted by molar-refractivity contribution is -0.153. The molecular weight excluding hydrogens is 373 g/mol. The highest BCUT2D eigenvalue weighted by molar-refractivity contribution is 5.47. The number of halogens is 3. The molecule has 2 aromatic rings. The van der Waals surface area contributed by atoms with Crippen LogP contribution in [0.5, 0.6) is 0 Å². The van der Waals surface area contributed by atoms with Crippen LogP contribution in [0, 0.1) is 0 Å². The molecule has 6 nitrogen and oxygen atoms in total. The third-order valence-corrected chi connectivity index (χ3v) is 5.14. The van der Waals surface area contributed by atoms with Gasteiger partial charge >= 0.3 is 6.18 Å². The van der Waals surface area contributed by atoms with Gasteiger partial charge in [-0.05, 0) is 12.0 Å². The van der Waals surface area contributed by atoms with E-state index in [-0.39, 0.29) is 31.0 Å². The first-order valence-electron chi connectivity index (χ1n) is 9.25. The molecule has 2 aliphatic rings. The lowest BCUT2D eigenvalue weighted by atomic mass is 10.1. The summed E-state index contributed by atoms with van der Waals surface area (Å²) >= 11 is 0. The van der Waals surface area contributed by atoms with Gasteiger partial charge in [0.05, 0.1) is 13.2 Å². The summed E-state index contributed by atoms with van der Waals surface area (Å²) in [4.78, 5) is 20.2. The molecule has 0 radical (unpaired) electrons. The van der Waals surface area contributed by atoms with Crippen LogP contribution in [0.2, 0.25) is 0 Å². The minimum absolute atomic E-state index is 0.0000239. The van der Waals surface area contributed by atoms with Gasteiger partial charge < -0.3 is 14.5 Å². The summed E-state index contributed by atoms with van der Waals surface area (Å²) in [5.74, 6) is 0.479. The first kappa shape index (κ1) is 18.8. The first-order chi connectivity index (χ1) is 13.4. The number of rotatable bonds is 3. The van der Waals surface area contributed by atoms with Crippen LogP contribution in [0.3, 0.4) is 0 Å². The van der Waals surface area contributed by atoms with E-state index < -0.39 is 12.2 Å². The average Bonchev–Trinajstić information content (AvgIpc) is 2.69. The summed E-state index contributed by atoms with van der Waals surface area (Å²) in [5.41, 5.74) is 0.404. The minimum Gasteiger partial charge on any atom is -0.378 e. The van der Waals surface area contributed by atoms with Crippen LogP contribution in [-0.2, 0) is 17.8 Å². The molecule has 1 fully saturated rings. The van der Waals surface area contributed by atoms with Crippen LogP contribution < -0.4 is 15.4 Å². The molecule has 1 saturated heterocycles. The van der Waals surface area contributed by atoms with Crippen molar-refractivity contribution in [3.05, 3.63) is 52.3 Å². The SMILES string of the molecule is O=c1cc(N2CCOCC2)nc2n1CC[C@@H](C(F)(F)F)N2Cc1ccccc1. The fourth-order valence-corrected chi connectivity index (χ4v) is 3.71. The Kier molecular flexibility index (Phi) is 5.01. The van der Waals surface area contributed by atoms with E-state index >= 15 is 0 Å². The Labute approximate surface area is 160 Å². The van der Waals surface area contributed by atoms with Gasteiger partial charge in [-0.15, -0.1) is 0 Å². The number of hydrogen-bond acceptors (Lipinski definition) is 5. The Morgan fingerprint density at radius 1 is 1.11 bits per heavy atom. The predicted octanol–water partition coefficient (Wildman–Crippen LogP) is 2.42. The maximum absolute atomic E-state index is 13.8. The van der Waals surface area contributed by atoms with Crippen LogP contribution in [0.15, 0.2) is 41.2 Å². The maximum atomic E-state index is 13.8. The van der Waals surface area contributed by atoms with E-state index in [1.807, 2.05) is 11.0 Å². The monoisotopic (exact) mass is 394 g/mol. The molecule has 2 aliphatic heterocycles. The molecule has 0 amide bonds. The van der Waals surface area contributed by atoms with E-state index in [4.69, 9.17) is 4.74 Å². The largest absolute Gasteiger partial charge is 0.408 e. The summed E-state index contributed by atoms with van der Waals surface area (Å²) in [6.07, 6.45) is -4.59. The van der Waals surface area contributed by atoms with Crippen molar-refractivity contribution in [2.45, 2.75) is 31.7 Å².